The van der Waals surface area contributed by atoms with Gasteiger partial charge in [0.25, 0.3) is 0 Å². The topological polar surface area (TPSA) is 12.0 Å². The molecular formula is C10H18ClNS. The van der Waals surface area contributed by atoms with Gasteiger partial charge >= 0.3 is 0 Å². The van der Waals surface area contributed by atoms with E-state index in [4.69, 9.17) is 11.6 Å². The third-order valence-corrected chi connectivity index (χ3v) is 3.94. The first-order chi connectivity index (χ1) is 6.38. The van der Waals surface area contributed by atoms with Crippen molar-refractivity contribution in [1.29, 1.82) is 0 Å². The molecule has 1 N–H and O–H groups in total. The standard InChI is InChI=1S/C10H18ClNS/c1-13-10-6-3-2-5-9(10)12-8-4-7-11/h4,7,9-10,12H,2-3,5-6,8H2,1H3/b7-4+. The van der Waals surface area contributed by atoms with Crippen molar-refractivity contribution in [2.24, 2.45) is 0 Å². The van der Waals surface area contributed by atoms with Crippen LogP contribution in [0.2, 0.25) is 0 Å². The second kappa shape index (κ2) is 6.74. The number of halogens is 1. The van der Waals surface area contributed by atoms with E-state index in [0.717, 1.165) is 11.8 Å². The van der Waals surface area contributed by atoms with Crippen molar-refractivity contribution in [1.82, 2.24) is 5.32 Å². The lowest BCUT2D eigenvalue weighted by Crippen LogP contribution is -2.40. The van der Waals surface area contributed by atoms with Gasteiger partial charge in [0.1, 0.15) is 0 Å². The molecule has 0 aromatic carbocycles. The molecule has 1 saturated carbocycles. The molecule has 2 atom stereocenters. The summed E-state index contributed by atoms with van der Waals surface area (Å²) in [5.74, 6) is 0. The summed E-state index contributed by atoms with van der Waals surface area (Å²) in [6.45, 7) is 0.908. The number of rotatable bonds is 4. The van der Waals surface area contributed by atoms with Crippen LogP contribution in [-0.2, 0) is 0 Å². The van der Waals surface area contributed by atoms with Crippen molar-refractivity contribution < 1.29 is 0 Å². The predicted octanol–water partition coefficient (Wildman–Crippen LogP) is 3.00. The van der Waals surface area contributed by atoms with E-state index >= 15 is 0 Å². The smallest absolute Gasteiger partial charge is 0.0198 e. The molecule has 0 amide bonds. The summed E-state index contributed by atoms with van der Waals surface area (Å²) in [4.78, 5) is 0. The SMILES string of the molecule is CSC1CCCCC1NC/C=C/Cl. The first-order valence-corrected chi connectivity index (χ1v) is 6.62. The van der Waals surface area contributed by atoms with Gasteiger partial charge in [0, 0.05) is 23.4 Å². The van der Waals surface area contributed by atoms with Crippen LogP contribution in [0.25, 0.3) is 0 Å². The van der Waals surface area contributed by atoms with Crippen LogP contribution in [0.15, 0.2) is 11.6 Å². The fraction of sp³-hybridized carbons (Fsp3) is 0.800. The van der Waals surface area contributed by atoms with Gasteiger partial charge in [0.2, 0.25) is 0 Å². The van der Waals surface area contributed by atoms with E-state index < -0.39 is 0 Å². The molecule has 1 nitrogen and oxygen atoms in total. The minimum atomic E-state index is 0.691. The van der Waals surface area contributed by atoms with E-state index in [9.17, 15) is 0 Å². The average molecular weight is 220 g/mol. The van der Waals surface area contributed by atoms with Gasteiger partial charge in [0.15, 0.2) is 0 Å². The van der Waals surface area contributed by atoms with Gasteiger partial charge in [-0.25, -0.2) is 0 Å². The molecule has 2 unspecified atom stereocenters. The maximum atomic E-state index is 5.46. The van der Waals surface area contributed by atoms with Crippen LogP contribution in [0.1, 0.15) is 25.7 Å². The molecule has 1 fully saturated rings. The van der Waals surface area contributed by atoms with Gasteiger partial charge in [-0.05, 0) is 19.1 Å². The van der Waals surface area contributed by atoms with Gasteiger partial charge in [-0.15, -0.1) is 0 Å². The summed E-state index contributed by atoms with van der Waals surface area (Å²) < 4.78 is 0. The lowest BCUT2D eigenvalue weighted by Gasteiger charge is -2.30. The molecule has 0 heterocycles. The van der Waals surface area contributed by atoms with Crippen molar-refractivity contribution >= 4 is 23.4 Å². The van der Waals surface area contributed by atoms with E-state index in [0.29, 0.717) is 6.04 Å². The Bertz CT molecular complexity index is 161. The molecule has 1 aliphatic carbocycles. The number of hydrogen-bond donors (Lipinski definition) is 1. The van der Waals surface area contributed by atoms with Crippen LogP contribution in [-0.4, -0.2) is 24.1 Å². The highest BCUT2D eigenvalue weighted by Crippen LogP contribution is 2.26. The van der Waals surface area contributed by atoms with E-state index in [-0.39, 0.29) is 0 Å². The molecule has 0 aromatic heterocycles. The van der Waals surface area contributed by atoms with Crippen LogP contribution in [0.5, 0.6) is 0 Å². The zero-order valence-corrected chi connectivity index (χ0v) is 9.70. The second-order valence-corrected chi connectivity index (χ2v) is 4.76. The molecule has 0 aromatic rings. The summed E-state index contributed by atoms with van der Waals surface area (Å²) in [6, 6.07) is 0.691. The van der Waals surface area contributed by atoms with Crippen LogP contribution in [0, 0.1) is 0 Å². The van der Waals surface area contributed by atoms with E-state index in [1.807, 2.05) is 17.8 Å². The van der Waals surface area contributed by atoms with Gasteiger partial charge in [-0.1, -0.05) is 30.5 Å². The highest BCUT2D eigenvalue weighted by atomic mass is 35.5. The molecule has 1 aliphatic rings. The first-order valence-electron chi connectivity index (χ1n) is 4.90. The zero-order chi connectivity index (χ0) is 9.52. The van der Waals surface area contributed by atoms with Crippen molar-refractivity contribution in [2.45, 2.75) is 37.0 Å². The molecule has 1 rings (SSSR count). The van der Waals surface area contributed by atoms with Crippen LogP contribution in [0.4, 0.5) is 0 Å². The predicted molar refractivity (Wildman–Crippen MR) is 62.6 cm³/mol. The second-order valence-electron chi connectivity index (χ2n) is 3.44. The van der Waals surface area contributed by atoms with Crippen LogP contribution >= 0.6 is 23.4 Å². The number of hydrogen-bond acceptors (Lipinski definition) is 2. The minimum Gasteiger partial charge on any atom is -0.309 e. The lowest BCUT2D eigenvalue weighted by molar-refractivity contribution is 0.396. The lowest BCUT2D eigenvalue weighted by atomic mass is 9.95. The Hall–Kier alpha value is 0.340. The molecular weight excluding hydrogens is 202 g/mol. The number of thioether (sulfide) groups is 1. The van der Waals surface area contributed by atoms with E-state index in [2.05, 4.69) is 11.6 Å². The Morgan fingerprint density at radius 1 is 1.46 bits per heavy atom. The molecule has 0 aliphatic heterocycles. The average Bonchev–Trinajstić information content (AvgIpc) is 2.19. The Balaban J connectivity index is 2.27. The summed E-state index contributed by atoms with van der Waals surface area (Å²) >= 11 is 7.46. The summed E-state index contributed by atoms with van der Waals surface area (Å²) in [6.07, 6.45) is 9.63. The van der Waals surface area contributed by atoms with Gasteiger partial charge < -0.3 is 5.32 Å². The van der Waals surface area contributed by atoms with Gasteiger partial charge in [-0.3, -0.25) is 0 Å². The quantitative estimate of drug-likeness (QED) is 0.780. The molecule has 3 heteroatoms. The maximum Gasteiger partial charge on any atom is 0.0198 e. The summed E-state index contributed by atoms with van der Waals surface area (Å²) in [5.41, 5.74) is 1.59. The summed E-state index contributed by atoms with van der Waals surface area (Å²) in [7, 11) is 0. The third kappa shape index (κ3) is 3.92. The molecule has 0 radical (unpaired) electrons. The Labute approximate surface area is 90.3 Å². The fourth-order valence-electron chi connectivity index (χ4n) is 1.88. The highest BCUT2D eigenvalue weighted by molar-refractivity contribution is 7.99. The molecule has 13 heavy (non-hydrogen) atoms. The van der Waals surface area contributed by atoms with Crippen molar-refractivity contribution in [2.75, 3.05) is 12.8 Å². The Kier molecular flexibility index (Phi) is 5.92. The minimum absolute atomic E-state index is 0.691. The molecule has 76 valence electrons. The van der Waals surface area contributed by atoms with Gasteiger partial charge in [-0.2, -0.15) is 11.8 Å². The van der Waals surface area contributed by atoms with E-state index in [1.54, 1.807) is 5.54 Å². The third-order valence-electron chi connectivity index (χ3n) is 2.59. The normalized spacial score (nSPS) is 29.7. The maximum absolute atomic E-state index is 5.46. The fourth-order valence-corrected chi connectivity index (χ4v) is 2.93. The zero-order valence-electron chi connectivity index (χ0n) is 8.13. The summed E-state index contributed by atoms with van der Waals surface area (Å²) in [5, 5.41) is 4.33. The largest absolute Gasteiger partial charge is 0.309 e. The van der Waals surface area contributed by atoms with Crippen molar-refractivity contribution in [3.8, 4) is 0 Å². The Morgan fingerprint density at radius 3 is 2.92 bits per heavy atom. The first kappa shape index (κ1) is 11.4. The monoisotopic (exact) mass is 219 g/mol. The Morgan fingerprint density at radius 2 is 2.23 bits per heavy atom. The molecule has 0 bridgehead atoms. The van der Waals surface area contributed by atoms with Crippen molar-refractivity contribution in [3.63, 3.8) is 0 Å². The molecule has 0 spiro atoms. The number of nitrogens with one attached hydrogen (secondary N) is 1. The van der Waals surface area contributed by atoms with E-state index in [1.165, 1.54) is 25.7 Å². The highest BCUT2D eigenvalue weighted by Gasteiger charge is 2.22. The van der Waals surface area contributed by atoms with Crippen LogP contribution < -0.4 is 5.32 Å². The van der Waals surface area contributed by atoms with Crippen LogP contribution in [0.3, 0.4) is 0 Å². The van der Waals surface area contributed by atoms with Gasteiger partial charge in [0.05, 0.1) is 0 Å². The van der Waals surface area contributed by atoms with Crippen molar-refractivity contribution in [3.05, 3.63) is 11.6 Å². The molecule has 0 saturated heterocycles.